The van der Waals surface area contributed by atoms with Crippen LogP contribution in [0.15, 0.2) is 58.3 Å². The zero-order chi connectivity index (χ0) is 14.8. The second-order valence-electron chi connectivity index (χ2n) is 4.38. The maximum absolute atomic E-state index is 12.4. The number of guanidine groups is 1. The fourth-order valence-electron chi connectivity index (χ4n) is 1.73. The van der Waals surface area contributed by atoms with E-state index in [1.807, 2.05) is 6.92 Å². The molecule has 104 valence electrons. The molecule has 0 saturated carbocycles. The van der Waals surface area contributed by atoms with Crippen LogP contribution in [0.3, 0.4) is 0 Å². The van der Waals surface area contributed by atoms with Gasteiger partial charge in [0, 0.05) is 5.69 Å². The van der Waals surface area contributed by atoms with Gasteiger partial charge in [-0.2, -0.15) is 0 Å². The molecule has 0 amide bonds. The zero-order valence-electron chi connectivity index (χ0n) is 10.9. The predicted octanol–water partition coefficient (Wildman–Crippen LogP) is 2.13. The standard InChI is InChI=1S/C14H15N3O2S/c1-10-2-6-12(7-3-10)20(18,19)13-8-4-11(5-9-13)17-14(15)16/h2-9H,1H3,(H4,15,16,17). The first kappa shape index (κ1) is 14.1. The number of anilines is 1. The van der Waals surface area contributed by atoms with Crippen molar-refractivity contribution in [1.82, 2.24) is 0 Å². The van der Waals surface area contributed by atoms with Gasteiger partial charge in [-0.3, -0.25) is 5.41 Å². The average molecular weight is 289 g/mol. The van der Waals surface area contributed by atoms with Gasteiger partial charge in [-0.25, -0.2) is 8.42 Å². The van der Waals surface area contributed by atoms with Crippen LogP contribution in [0.5, 0.6) is 0 Å². The lowest BCUT2D eigenvalue weighted by Crippen LogP contribution is -2.20. The molecule has 0 saturated heterocycles. The highest BCUT2D eigenvalue weighted by molar-refractivity contribution is 7.91. The van der Waals surface area contributed by atoms with Gasteiger partial charge < -0.3 is 11.1 Å². The van der Waals surface area contributed by atoms with Crippen molar-refractivity contribution in [1.29, 1.82) is 5.41 Å². The minimum Gasteiger partial charge on any atom is -0.370 e. The molecule has 20 heavy (non-hydrogen) atoms. The highest BCUT2D eigenvalue weighted by Crippen LogP contribution is 2.22. The van der Waals surface area contributed by atoms with E-state index < -0.39 is 9.84 Å². The minimum absolute atomic E-state index is 0.195. The summed E-state index contributed by atoms with van der Waals surface area (Å²) in [6, 6.07) is 12.8. The van der Waals surface area contributed by atoms with Crippen LogP contribution in [-0.4, -0.2) is 14.4 Å². The molecule has 5 nitrogen and oxygen atoms in total. The number of benzene rings is 2. The third kappa shape index (κ3) is 2.97. The summed E-state index contributed by atoms with van der Waals surface area (Å²) in [5.41, 5.74) is 6.78. The van der Waals surface area contributed by atoms with E-state index in [0.29, 0.717) is 5.69 Å². The quantitative estimate of drug-likeness (QED) is 0.595. The van der Waals surface area contributed by atoms with Crippen molar-refractivity contribution in [2.75, 3.05) is 5.32 Å². The van der Waals surface area contributed by atoms with Crippen molar-refractivity contribution >= 4 is 21.5 Å². The SMILES string of the molecule is Cc1ccc(S(=O)(=O)c2ccc(NC(=N)N)cc2)cc1. The molecule has 2 aromatic rings. The lowest BCUT2D eigenvalue weighted by molar-refractivity contribution is 0.596. The third-order valence-electron chi connectivity index (χ3n) is 2.77. The number of nitrogens with two attached hydrogens (primary N) is 1. The molecule has 0 aliphatic heterocycles. The average Bonchev–Trinajstić information content (AvgIpc) is 2.39. The van der Waals surface area contributed by atoms with Crippen molar-refractivity contribution in [3.63, 3.8) is 0 Å². The summed E-state index contributed by atoms with van der Waals surface area (Å²) in [5, 5.41) is 9.71. The Morgan fingerprint density at radius 3 is 1.90 bits per heavy atom. The highest BCUT2D eigenvalue weighted by Gasteiger charge is 2.17. The number of sulfone groups is 1. The van der Waals surface area contributed by atoms with Gasteiger partial charge in [0.2, 0.25) is 9.84 Å². The number of hydrogen-bond acceptors (Lipinski definition) is 3. The van der Waals surface area contributed by atoms with Crippen LogP contribution in [0.1, 0.15) is 5.56 Å². The maximum Gasteiger partial charge on any atom is 0.206 e. The summed E-state index contributed by atoms with van der Waals surface area (Å²) in [4.78, 5) is 0.464. The van der Waals surface area contributed by atoms with Crippen molar-refractivity contribution in [2.24, 2.45) is 5.73 Å². The van der Waals surface area contributed by atoms with Crippen LogP contribution in [0.2, 0.25) is 0 Å². The summed E-state index contributed by atoms with van der Waals surface area (Å²) < 4.78 is 24.8. The normalized spacial score (nSPS) is 11.1. The van der Waals surface area contributed by atoms with Crippen LogP contribution in [0, 0.1) is 12.3 Å². The molecule has 0 heterocycles. The lowest BCUT2D eigenvalue weighted by atomic mass is 10.2. The number of rotatable bonds is 3. The van der Waals surface area contributed by atoms with Gasteiger partial charge in [-0.15, -0.1) is 0 Å². The van der Waals surface area contributed by atoms with Gasteiger partial charge in [-0.1, -0.05) is 17.7 Å². The largest absolute Gasteiger partial charge is 0.370 e. The van der Waals surface area contributed by atoms with Crippen LogP contribution in [-0.2, 0) is 9.84 Å². The second-order valence-corrected chi connectivity index (χ2v) is 6.33. The Bertz CT molecular complexity index is 720. The smallest absolute Gasteiger partial charge is 0.206 e. The molecular weight excluding hydrogens is 274 g/mol. The molecule has 0 spiro atoms. The summed E-state index contributed by atoms with van der Waals surface area (Å²) in [6.45, 7) is 1.90. The van der Waals surface area contributed by atoms with Gasteiger partial charge in [0.05, 0.1) is 9.79 Å². The summed E-state index contributed by atoms with van der Waals surface area (Å²) in [5.74, 6) is -0.195. The van der Waals surface area contributed by atoms with E-state index in [1.54, 1.807) is 36.4 Å². The van der Waals surface area contributed by atoms with Gasteiger partial charge in [0.15, 0.2) is 5.96 Å². The molecule has 2 aromatic carbocycles. The van der Waals surface area contributed by atoms with Crippen LogP contribution in [0.25, 0.3) is 0 Å². The van der Waals surface area contributed by atoms with Crippen molar-refractivity contribution < 1.29 is 8.42 Å². The van der Waals surface area contributed by atoms with E-state index >= 15 is 0 Å². The summed E-state index contributed by atoms with van der Waals surface area (Å²) in [6.07, 6.45) is 0. The van der Waals surface area contributed by atoms with Gasteiger partial charge in [0.25, 0.3) is 0 Å². The Balaban J connectivity index is 2.34. The third-order valence-corrected chi connectivity index (χ3v) is 4.56. The molecule has 0 aliphatic rings. The highest BCUT2D eigenvalue weighted by atomic mass is 32.2. The molecule has 0 atom stereocenters. The van der Waals surface area contributed by atoms with E-state index in [-0.39, 0.29) is 15.8 Å². The first-order chi connectivity index (χ1) is 9.39. The molecule has 0 aliphatic carbocycles. The maximum atomic E-state index is 12.4. The Labute approximate surface area is 117 Å². The second kappa shape index (κ2) is 5.34. The first-order valence-electron chi connectivity index (χ1n) is 5.92. The number of aryl methyl sites for hydroxylation is 1. The van der Waals surface area contributed by atoms with Crippen LogP contribution in [0.4, 0.5) is 5.69 Å². The molecule has 0 aromatic heterocycles. The van der Waals surface area contributed by atoms with Gasteiger partial charge >= 0.3 is 0 Å². The predicted molar refractivity (Wildman–Crippen MR) is 78.6 cm³/mol. The molecule has 6 heteroatoms. The fourth-order valence-corrected chi connectivity index (χ4v) is 2.99. The van der Waals surface area contributed by atoms with E-state index in [2.05, 4.69) is 5.32 Å². The lowest BCUT2D eigenvalue weighted by Gasteiger charge is -2.07. The Hall–Kier alpha value is -2.34. The topological polar surface area (TPSA) is 96.0 Å². The van der Waals surface area contributed by atoms with Crippen molar-refractivity contribution in [2.45, 2.75) is 16.7 Å². The Morgan fingerprint density at radius 1 is 1.00 bits per heavy atom. The molecule has 0 bridgehead atoms. The minimum atomic E-state index is -3.51. The molecule has 4 N–H and O–H groups in total. The first-order valence-corrected chi connectivity index (χ1v) is 7.41. The van der Waals surface area contributed by atoms with E-state index in [9.17, 15) is 8.42 Å². The fraction of sp³-hybridized carbons (Fsp3) is 0.0714. The Kier molecular flexibility index (Phi) is 3.76. The van der Waals surface area contributed by atoms with E-state index in [0.717, 1.165) is 5.56 Å². The van der Waals surface area contributed by atoms with Crippen LogP contribution < -0.4 is 11.1 Å². The van der Waals surface area contributed by atoms with E-state index in [4.69, 9.17) is 11.1 Å². The van der Waals surface area contributed by atoms with Gasteiger partial charge in [-0.05, 0) is 43.3 Å². The van der Waals surface area contributed by atoms with Crippen molar-refractivity contribution in [3.05, 3.63) is 54.1 Å². The number of nitrogens with one attached hydrogen (secondary N) is 2. The molecule has 2 rings (SSSR count). The van der Waals surface area contributed by atoms with E-state index in [1.165, 1.54) is 12.1 Å². The summed E-state index contributed by atoms with van der Waals surface area (Å²) in [7, 11) is -3.51. The molecule has 0 fully saturated rings. The molecule has 0 unspecified atom stereocenters. The zero-order valence-corrected chi connectivity index (χ0v) is 11.7. The van der Waals surface area contributed by atoms with Crippen LogP contribution >= 0.6 is 0 Å². The number of hydrogen-bond donors (Lipinski definition) is 3. The summed E-state index contributed by atoms with van der Waals surface area (Å²) >= 11 is 0. The molecular formula is C14H15N3O2S. The van der Waals surface area contributed by atoms with Gasteiger partial charge in [0.1, 0.15) is 0 Å². The molecule has 0 radical (unpaired) electrons. The Morgan fingerprint density at radius 2 is 1.45 bits per heavy atom. The van der Waals surface area contributed by atoms with Crippen molar-refractivity contribution in [3.8, 4) is 0 Å². The monoisotopic (exact) mass is 289 g/mol.